The van der Waals surface area contributed by atoms with Crippen LogP contribution >= 0.6 is 0 Å². The van der Waals surface area contributed by atoms with E-state index in [1.807, 2.05) is 6.92 Å². The zero-order valence-corrected chi connectivity index (χ0v) is 13.3. The SMILES string of the molecule is CC1(C2CCCN(C(=O)c3ccc(C(F)(F)F)nc3)C2)OCCO1. The van der Waals surface area contributed by atoms with E-state index in [9.17, 15) is 18.0 Å². The number of carbonyl (C=O) groups is 1. The summed E-state index contributed by atoms with van der Waals surface area (Å²) in [6, 6.07) is 2.01. The molecule has 1 aromatic rings. The van der Waals surface area contributed by atoms with Crippen LogP contribution in [0.2, 0.25) is 0 Å². The highest BCUT2D eigenvalue weighted by molar-refractivity contribution is 5.94. The molecule has 0 spiro atoms. The zero-order chi connectivity index (χ0) is 17.4. The summed E-state index contributed by atoms with van der Waals surface area (Å²) in [7, 11) is 0. The Bertz CT molecular complexity index is 598. The maximum absolute atomic E-state index is 12.6. The molecule has 1 unspecified atom stereocenters. The number of ether oxygens (including phenoxy) is 2. The van der Waals surface area contributed by atoms with Gasteiger partial charge >= 0.3 is 6.18 Å². The molecule has 2 aliphatic heterocycles. The highest BCUT2D eigenvalue weighted by atomic mass is 19.4. The molecule has 1 aromatic heterocycles. The van der Waals surface area contributed by atoms with Gasteiger partial charge in [-0.2, -0.15) is 13.2 Å². The van der Waals surface area contributed by atoms with Gasteiger partial charge in [0, 0.05) is 25.2 Å². The summed E-state index contributed by atoms with van der Waals surface area (Å²) in [6.07, 6.45) is -1.85. The molecule has 3 heterocycles. The molecule has 0 radical (unpaired) electrons. The standard InChI is InChI=1S/C16H19F3N2O3/c1-15(23-7-8-24-15)12-3-2-6-21(10-12)14(22)11-4-5-13(20-9-11)16(17,18)19/h4-5,9,12H,2-3,6-8,10H2,1H3. The molecule has 132 valence electrons. The number of nitrogens with zero attached hydrogens (tertiary/aromatic N) is 2. The number of amides is 1. The maximum atomic E-state index is 12.6. The smallest absolute Gasteiger partial charge is 0.347 e. The summed E-state index contributed by atoms with van der Waals surface area (Å²) < 4.78 is 49.0. The van der Waals surface area contributed by atoms with Gasteiger partial charge in [0.05, 0.1) is 18.8 Å². The van der Waals surface area contributed by atoms with Gasteiger partial charge in [0.25, 0.3) is 5.91 Å². The average molecular weight is 344 g/mol. The summed E-state index contributed by atoms with van der Waals surface area (Å²) in [6.45, 7) is 3.95. The topological polar surface area (TPSA) is 51.7 Å². The minimum absolute atomic E-state index is 0.0418. The first-order valence-corrected chi connectivity index (χ1v) is 7.90. The molecule has 2 saturated heterocycles. The van der Waals surface area contributed by atoms with Crippen LogP contribution < -0.4 is 0 Å². The second kappa shape index (κ2) is 6.33. The van der Waals surface area contributed by atoms with Crippen molar-refractivity contribution in [2.75, 3.05) is 26.3 Å². The van der Waals surface area contributed by atoms with Gasteiger partial charge in [-0.25, -0.2) is 0 Å². The summed E-state index contributed by atoms with van der Waals surface area (Å²) in [5, 5.41) is 0. The van der Waals surface area contributed by atoms with Gasteiger partial charge in [-0.3, -0.25) is 9.78 Å². The van der Waals surface area contributed by atoms with E-state index in [1.54, 1.807) is 4.90 Å². The van der Waals surface area contributed by atoms with Crippen molar-refractivity contribution in [3.8, 4) is 0 Å². The van der Waals surface area contributed by atoms with Gasteiger partial charge < -0.3 is 14.4 Å². The Kier molecular flexibility index (Phi) is 4.52. The molecule has 2 aliphatic rings. The van der Waals surface area contributed by atoms with Crippen LogP contribution in [0, 0.1) is 5.92 Å². The Balaban J connectivity index is 1.70. The first kappa shape index (κ1) is 17.2. The summed E-state index contributed by atoms with van der Waals surface area (Å²) in [5.74, 6) is -0.972. The maximum Gasteiger partial charge on any atom is 0.433 e. The third-order valence-corrected chi connectivity index (χ3v) is 4.61. The lowest BCUT2D eigenvalue weighted by molar-refractivity contribution is -0.189. The molecule has 0 aliphatic carbocycles. The Hall–Kier alpha value is -1.67. The molecular formula is C16H19F3N2O3. The number of aromatic nitrogens is 1. The molecule has 1 amide bonds. The number of hydrogen-bond donors (Lipinski definition) is 0. The largest absolute Gasteiger partial charge is 0.433 e. The van der Waals surface area contributed by atoms with Gasteiger partial charge in [-0.15, -0.1) is 0 Å². The molecule has 0 bridgehead atoms. The number of alkyl halides is 3. The quantitative estimate of drug-likeness (QED) is 0.828. The van der Waals surface area contributed by atoms with Crippen LogP contribution in [0.5, 0.6) is 0 Å². The van der Waals surface area contributed by atoms with E-state index < -0.39 is 17.7 Å². The molecule has 0 aromatic carbocycles. The van der Waals surface area contributed by atoms with Gasteiger partial charge in [0.1, 0.15) is 5.69 Å². The van der Waals surface area contributed by atoms with Crippen LogP contribution in [-0.2, 0) is 15.7 Å². The van der Waals surface area contributed by atoms with Gasteiger partial charge in [0.15, 0.2) is 5.79 Å². The fraction of sp³-hybridized carbons (Fsp3) is 0.625. The van der Waals surface area contributed by atoms with E-state index in [2.05, 4.69) is 4.98 Å². The second-order valence-electron chi connectivity index (χ2n) is 6.23. The molecule has 8 heteroatoms. The molecule has 0 N–H and O–H groups in total. The fourth-order valence-corrected chi connectivity index (χ4v) is 3.23. The van der Waals surface area contributed by atoms with E-state index >= 15 is 0 Å². The van der Waals surface area contributed by atoms with E-state index in [1.165, 1.54) is 6.07 Å². The van der Waals surface area contributed by atoms with E-state index in [0.29, 0.717) is 26.3 Å². The van der Waals surface area contributed by atoms with E-state index in [0.717, 1.165) is 25.1 Å². The van der Waals surface area contributed by atoms with Crippen molar-refractivity contribution in [3.63, 3.8) is 0 Å². The van der Waals surface area contributed by atoms with Crippen LogP contribution in [0.3, 0.4) is 0 Å². The predicted molar refractivity (Wildman–Crippen MR) is 78.2 cm³/mol. The highest BCUT2D eigenvalue weighted by Gasteiger charge is 2.42. The van der Waals surface area contributed by atoms with E-state index in [-0.39, 0.29) is 17.4 Å². The van der Waals surface area contributed by atoms with Crippen molar-refractivity contribution < 1.29 is 27.4 Å². The molecule has 5 nitrogen and oxygen atoms in total. The number of pyridine rings is 1. The van der Waals surface area contributed by atoms with Crippen LogP contribution in [0.15, 0.2) is 18.3 Å². The molecule has 3 rings (SSSR count). The molecular weight excluding hydrogens is 325 g/mol. The number of likely N-dealkylation sites (tertiary alicyclic amines) is 1. The van der Waals surface area contributed by atoms with Crippen LogP contribution in [0.25, 0.3) is 0 Å². The normalized spacial score (nSPS) is 24.2. The minimum atomic E-state index is -4.51. The summed E-state index contributed by atoms with van der Waals surface area (Å²) in [4.78, 5) is 17.5. The Morgan fingerprint density at radius 1 is 1.33 bits per heavy atom. The van der Waals surface area contributed by atoms with Crippen LogP contribution in [-0.4, -0.2) is 47.9 Å². The van der Waals surface area contributed by atoms with Crippen LogP contribution in [0.1, 0.15) is 35.8 Å². The van der Waals surface area contributed by atoms with Gasteiger partial charge in [-0.05, 0) is 31.9 Å². The van der Waals surface area contributed by atoms with Crippen molar-refractivity contribution >= 4 is 5.91 Å². The highest BCUT2D eigenvalue weighted by Crippen LogP contribution is 2.34. The first-order chi connectivity index (χ1) is 11.3. The summed E-state index contributed by atoms with van der Waals surface area (Å²) >= 11 is 0. The first-order valence-electron chi connectivity index (χ1n) is 7.90. The summed E-state index contributed by atoms with van der Waals surface area (Å²) in [5.41, 5.74) is -0.849. The van der Waals surface area contributed by atoms with Crippen molar-refractivity contribution in [3.05, 3.63) is 29.6 Å². The number of hydrogen-bond acceptors (Lipinski definition) is 4. The zero-order valence-electron chi connectivity index (χ0n) is 13.3. The number of carbonyl (C=O) groups excluding carboxylic acids is 1. The fourth-order valence-electron chi connectivity index (χ4n) is 3.23. The molecule has 1 atom stereocenters. The van der Waals surface area contributed by atoms with Gasteiger partial charge in [0.2, 0.25) is 0 Å². The predicted octanol–water partition coefficient (Wildman–Crippen LogP) is 2.72. The lowest BCUT2D eigenvalue weighted by Crippen LogP contribution is -2.48. The van der Waals surface area contributed by atoms with Gasteiger partial charge in [-0.1, -0.05) is 0 Å². The van der Waals surface area contributed by atoms with E-state index in [4.69, 9.17) is 9.47 Å². The van der Waals surface area contributed by atoms with Crippen molar-refractivity contribution in [1.82, 2.24) is 9.88 Å². The lowest BCUT2D eigenvalue weighted by atomic mass is 9.90. The monoisotopic (exact) mass is 344 g/mol. The Morgan fingerprint density at radius 3 is 2.62 bits per heavy atom. The molecule has 24 heavy (non-hydrogen) atoms. The number of piperidine rings is 1. The number of rotatable bonds is 2. The number of halogens is 3. The Morgan fingerprint density at radius 2 is 2.04 bits per heavy atom. The molecule has 0 saturated carbocycles. The van der Waals surface area contributed by atoms with Crippen molar-refractivity contribution in [1.29, 1.82) is 0 Å². The lowest BCUT2D eigenvalue weighted by Gasteiger charge is -2.39. The minimum Gasteiger partial charge on any atom is -0.347 e. The van der Waals surface area contributed by atoms with Crippen molar-refractivity contribution in [2.24, 2.45) is 5.92 Å². The third-order valence-electron chi connectivity index (χ3n) is 4.61. The third kappa shape index (κ3) is 3.39. The van der Waals surface area contributed by atoms with Crippen molar-refractivity contribution in [2.45, 2.75) is 31.7 Å². The average Bonchev–Trinajstić information content (AvgIpc) is 3.02. The van der Waals surface area contributed by atoms with Crippen LogP contribution in [0.4, 0.5) is 13.2 Å². The second-order valence-corrected chi connectivity index (χ2v) is 6.23. The Labute approximate surface area is 137 Å². The molecule has 2 fully saturated rings.